The van der Waals surface area contributed by atoms with Crippen molar-refractivity contribution in [3.8, 4) is 12.1 Å². The van der Waals surface area contributed by atoms with Crippen LogP contribution < -0.4 is 5.01 Å². The summed E-state index contributed by atoms with van der Waals surface area (Å²) >= 11 is 0. The first-order valence-corrected chi connectivity index (χ1v) is 9.24. The Morgan fingerprint density at radius 3 is 2.43 bits per heavy atom. The van der Waals surface area contributed by atoms with Gasteiger partial charge in [-0.25, -0.2) is 5.01 Å². The van der Waals surface area contributed by atoms with Crippen LogP contribution in [-0.4, -0.2) is 24.0 Å². The molecule has 1 amide bonds. The number of anilines is 1. The third-order valence-electron chi connectivity index (χ3n) is 5.05. The maximum absolute atomic E-state index is 13.2. The van der Waals surface area contributed by atoms with Gasteiger partial charge >= 0.3 is 0 Å². The van der Waals surface area contributed by atoms with Gasteiger partial charge in [0, 0.05) is 29.4 Å². The SMILES string of the molecule is N#Cc1cccc(C(=O)N2CCCCN2c2ccc(C#N)c3ccccc23)c1. The topological polar surface area (TPSA) is 71.1 Å². The lowest BCUT2D eigenvalue weighted by atomic mass is 10.0. The van der Waals surface area contributed by atoms with Crippen LogP contribution in [0.5, 0.6) is 0 Å². The summed E-state index contributed by atoms with van der Waals surface area (Å²) in [4.78, 5) is 13.2. The molecule has 0 bridgehead atoms. The van der Waals surface area contributed by atoms with E-state index in [-0.39, 0.29) is 5.91 Å². The normalized spacial score (nSPS) is 13.8. The lowest BCUT2D eigenvalue weighted by Crippen LogP contribution is -2.50. The number of rotatable bonds is 2. The van der Waals surface area contributed by atoms with Gasteiger partial charge < -0.3 is 0 Å². The predicted octanol–water partition coefficient (Wildman–Crippen LogP) is 4.24. The summed E-state index contributed by atoms with van der Waals surface area (Å²) < 4.78 is 0. The molecule has 3 aromatic rings. The van der Waals surface area contributed by atoms with Gasteiger partial charge in [-0.1, -0.05) is 30.3 Å². The Hall–Kier alpha value is -3.83. The molecule has 0 atom stereocenters. The standard InChI is InChI=1S/C23H18N4O/c24-15-17-6-5-7-18(14-17)23(28)27-13-4-3-12-26(27)22-11-10-19(16-25)20-8-1-2-9-21(20)22/h1-2,5-11,14H,3-4,12-13H2. The van der Waals surface area contributed by atoms with E-state index in [1.807, 2.05) is 41.4 Å². The molecule has 1 heterocycles. The summed E-state index contributed by atoms with van der Waals surface area (Å²) in [6, 6.07) is 22.6. The highest BCUT2D eigenvalue weighted by Crippen LogP contribution is 2.32. The van der Waals surface area contributed by atoms with E-state index in [1.165, 1.54) is 0 Å². The Kier molecular flexibility index (Phi) is 4.66. The van der Waals surface area contributed by atoms with Gasteiger partial charge in [-0.3, -0.25) is 9.80 Å². The van der Waals surface area contributed by atoms with E-state index >= 15 is 0 Å². The summed E-state index contributed by atoms with van der Waals surface area (Å²) in [6.45, 7) is 1.34. The molecule has 4 rings (SSSR count). The summed E-state index contributed by atoms with van der Waals surface area (Å²) in [7, 11) is 0. The second-order valence-electron chi connectivity index (χ2n) is 6.74. The van der Waals surface area contributed by atoms with Crippen LogP contribution in [0.25, 0.3) is 10.8 Å². The van der Waals surface area contributed by atoms with Crippen molar-refractivity contribution in [2.24, 2.45) is 0 Å². The number of nitrogens with zero attached hydrogens (tertiary/aromatic N) is 4. The van der Waals surface area contributed by atoms with Crippen LogP contribution in [0.4, 0.5) is 5.69 Å². The molecule has 0 aromatic heterocycles. The number of hydrogen-bond acceptors (Lipinski definition) is 4. The number of fused-ring (bicyclic) bond motifs is 1. The summed E-state index contributed by atoms with van der Waals surface area (Å²) in [6.07, 6.45) is 1.91. The summed E-state index contributed by atoms with van der Waals surface area (Å²) in [5, 5.41) is 24.2. The maximum atomic E-state index is 13.2. The van der Waals surface area contributed by atoms with Gasteiger partial charge in [0.15, 0.2) is 0 Å². The number of carbonyl (C=O) groups is 1. The van der Waals surface area contributed by atoms with Crippen molar-refractivity contribution in [2.75, 3.05) is 18.1 Å². The number of benzene rings is 3. The maximum Gasteiger partial charge on any atom is 0.272 e. The van der Waals surface area contributed by atoms with E-state index in [2.05, 4.69) is 12.1 Å². The zero-order valence-corrected chi connectivity index (χ0v) is 15.3. The zero-order chi connectivity index (χ0) is 19.5. The van der Waals surface area contributed by atoms with E-state index in [1.54, 1.807) is 29.3 Å². The van der Waals surface area contributed by atoms with Crippen molar-refractivity contribution in [1.82, 2.24) is 5.01 Å². The Morgan fingerprint density at radius 1 is 0.857 bits per heavy atom. The Morgan fingerprint density at radius 2 is 1.64 bits per heavy atom. The van der Waals surface area contributed by atoms with Crippen LogP contribution in [-0.2, 0) is 0 Å². The van der Waals surface area contributed by atoms with Gasteiger partial charge in [0.1, 0.15) is 0 Å². The number of hydrazine groups is 1. The van der Waals surface area contributed by atoms with Gasteiger partial charge in [0.2, 0.25) is 0 Å². The van der Waals surface area contributed by atoms with Crippen LogP contribution in [0.1, 0.15) is 34.3 Å². The third kappa shape index (κ3) is 3.04. The first-order chi connectivity index (χ1) is 13.7. The van der Waals surface area contributed by atoms with Crippen LogP contribution in [0.2, 0.25) is 0 Å². The minimum absolute atomic E-state index is 0.120. The molecular formula is C23H18N4O. The minimum Gasteiger partial charge on any atom is -0.282 e. The molecule has 0 radical (unpaired) electrons. The quantitative estimate of drug-likeness (QED) is 0.680. The lowest BCUT2D eigenvalue weighted by molar-refractivity contribution is 0.0704. The van der Waals surface area contributed by atoms with Gasteiger partial charge in [0.25, 0.3) is 5.91 Å². The van der Waals surface area contributed by atoms with Crippen molar-refractivity contribution >= 4 is 22.4 Å². The van der Waals surface area contributed by atoms with Crippen molar-refractivity contribution in [1.29, 1.82) is 10.5 Å². The molecule has 0 unspecified atom stereocenters. The number of amides is 1. The van der Waals surface area contributed by atoms with Crippen LogP contribution in [0.3, 0.4) is 0 Å². The van der Waals surface area contributed by atoms with Crippen LogP contribution in [0, 0.1) is 22.7 Å². The van der Waals surface area contributed by atoms with Crippen LogP contribution in [0.15, 0.2) is 60.7 Å². The minimum atomic E-state index is -0.120. The monoisotopic (exact) mass is 366 g/mol. The van der Waals surface area contributed by atoms with Crippen molar-refractivity contribution in [3.63, 3.8) is 0 Å². The van der Waals surface area contributed by atoms with E-state index in [0.717, 1.165) is 35.8 Å². The molecule has 1 fully saturated rings. The Balaban J connectivity index is 1.78. The highest BCUT2D eigenvalue weighted by atomic mass is 16.2. The highest BCUT2D eigenvalue weighted by Gasteiger charge is 2.27. The number of hydrogen-bond donors (Lipinski definition) is 0. The lowest BCUT2D eigenvalue weighted by Gasteiger charge is -2.40. The van der Waals surface area contributed by atoms with E-state index in [0.29, 0.717) is 23.2 Å². The molecule has 28 heavy (non-hydrogen) atoms. The van der Waals surface area contributed by atoms with Crippen molar-refractivity contribution in [2.45, 2.75) is 12.8 Å². The van der Waals surface area contributed by atoms with Gasteiger partial charge in [-0.2, -0.15) is 10.5 Å². The van der Waals surface area contributed by atoms with Gasteiger partial charge in [0.05, 0.1) is 29.0 Å². The predicted molar refractivity (Wildman–Crippen MR) is 107 cm³/mol. The molecule has 3 aromatic carbocycles. The number of nitriles is 2. The molecule has 0 saturated carbocycles. The molecule has 5 heteroatoms. The van der Waals surface area contributed by atoms with Gasteiger partial charge in [-0.05, 0) is 43.2 Å². The molecule has 0 aliphatic carbocycles. The van der Waals surface area contributed by atoms with Crippen molar-refractivity contribution in [3.05, 3.63) is 77.4 Å². The molecule has 136 valence electrons. The molecule has 5 nitrogen and oxygen atoms in total. The third-order valence-corrected chi connectivity index (χ3v) is 5.05. The summed E-state index contributed by atoms with van der Waals surface area (Å²) in [5.41, 5.74) is 2.51. The fraction of sp³-hybridized carbons (Fsp3) is 0.174. The summed E-state index contributed by atoms with van der Waals surface area (Å²) in [5.74, 6) is -0.120. The first kappa shape index (κ1) is 17.6. The Bertz CT molecular complexity index is 1140. The average Bonchev–Trinajstić information content (AvgIpc) is 2.78. The zero-order valence-electron chi connectivity index (χ0n) is 15.3. The fourth-order valence-electron chi connectivity index (χ4n) is 3.70. The molecule has 1 aliphatic heterocycles. The second kappa shape index (κ2) is 7.42. The van der Waals surface area contributed by atoms with E-state index in [9.17, 15) is 10.1 Å². The molecular weight excluding hydrogens is 348 g/mol. The molecule has 0 N–H and O–H groups in total. The number of carbonyl (C=O) groups excluding carboxylic acids is 1. The van der Waals surface area contributed by atoms with Crippen LogP contribution >= 0.6 is 0 Å². The van der Waals surface area contributed by atoms with Gasteiger partial charge in [-0.15, -0.1) is 0 Å². The molecule has 0 spiro atoms. The Labute approximate surface area is 163 Å². The highest BCUT2D eigenvalue weighted by molar-refractivity contribution is 6.00. The van der Waals surface area contributed by atoms with Crippen molar-refractivity contribution < 1.29 is 4.79 Å². The fourth-order valence-corrected chi connectivity index (χ4v) is 3.70. The molecule has 1 saturated heterocycles. The second-order valence-corrected chi connectivity index (χ2v) is 6.74. The molecule has 1 aliphatic rings. The van der Waals surface area contributed by atoms with E-state index < -0.39 is 0 Å². The smallest absolute Gasteiger partial charge is 0.272 e. The average molecular weight is 366 g/mol. The first-order valence-electron chi connectivity index (χ1n) is 9.24. The van der Waals surface area contributed by atoms with E-state index in [4.69, 9.17) is 5.26 Å². The largest absolute Gasteiger partial charge is 0.282 e.